The van der Waals surface area contributed by atoms with E-state index in [4.69, 9.17) is 11.6 Å². The van der Waals surface area contributed by atoms with Crippen molar-refractivity contribution in [1.82, 2.24) is 0 Å². The Labute approximate surface area is 152 Å². The van der Waals surface area contributed by atoms with Crippen molar-refractivity contribution in [3.63, 3.8) is 0 Å². The highest BCUT2D eigenvalue weighted by atomic mass is 35.5. The molecular weight excluding hydrogens is 338 g/mol. The summed E-state index contributed by atoms with van der Waals surface area (Å²) in [5, 5.41) is 6.20. The first kappa shape index (κ1) is 17.3. The molecule has 0 unspecified atom stereocenters. The monoisotopic (exact) mass is 357 g/mol. The summed E-state index contributed by atoms with van der Waals surface area (Å²) in [6.07, 6.45) is 2.30. The zero-order valence-corrected chi connectivity index (χ0v) is 14.8. The van der Waals surface area contributed by atoms with Gasteiger partial charge in [0.15, 0.2) is 0 Å². The quantitative estimate of drug-likeness (QED) is 0.864. The molecule has 2 N–H and O–H groups in total. The molecule has 0 aliphatic carbocycles. The van der Waals surface area contributed by atoms with Crippen LogP contribution in [-0.2, 0) is 4.79 Å². The fraction of sp³-hybridized carbons (Fsp3) is 0.263. The van der Waals surface area contributed by atoms with Crippen molar-refractivity contribution in [2.24, 2.45) is 0 Å². The summed E-state index contributed by atoms with van der Waals surface area (Å²) in [6, 6.07) is 12.4. The SMILES string of the molecule is CC(=O)Nc1cccc(C(=O)Nc2cc(Cl)ccc2N2CCCC2)c1. The fourth-order valence-corrected chi connectivity index (χ4v) is 3.15. The molecule has 0 atom stereocenters. The van der Waals surface area contributed by atoms with Crippen LogP contribution in [-0.4, -0.2) is 24.9 Å². The van der Waals surface area contributed by atoms with Crippen molar-refractivity contribution in [3.05, 3.63) is 53.1 Å². The van der Waals surface area contributed by atoms with Gasteiger partial charge in [-0.05, 0) is 49.2 Å². The van der Waals surface area contributed by atoms with Gasteiger partial charge in [-0.15, -0.1) is 0 Å². The van der Waals surface area contributed by atoms with E-state index in [1.165, 1.54) is 6.92 Å². The molecule has 25 heavy (non-hydrogen) atoms. The molecule has 1 heterocycles. The molecule has 1 saturated heterocycles. The van der Waals surface area contributed by atoms with Gasteiger partial charge < -0.3 is 15.5 Å². The van der Waals surface area contributed by atoms with Gasteiger partial charge in [0.25, 0.3) is 5.91 Å². The largest absolute Gasteiger partial charge is 0.370 e. The van der Waals surface area contributed by atoms with Crippen molar-refractivity contribution < 1.29 is 9.59 Å². The predicted molar refractivity (Wildman–Crippen MR) is 102 cm³/mol. The van der Waals surface area contributed by atoms with Gasteiger partial charge in [-0.2, -0.15) is 0 Å². The maximum atomic E-state index is 12.6. The second-order valence-electron chi connectivity index (χ2n) is 6.07. The van der Waals surface area contributed by atoms with Crippen molar-refractivity contribution in [2.75, 3.05) is 28.6 Å². The van der Waals surface area contributed by atoms with Gasteiger partial charge in [-0.1, -0.05) is 17.7 Å². The number of anilines is 3. The van der Waals surface area contributed by atoms with Crippen molar-refractivity contribution >= 4 is 40.5 Å². The first-order valence-corrected chi connectivity index (χ1v) is 8.64. The minimum Gasteiger partial charge on any atom is -0.370 e. The number of rotatable bonds is 4. The third-order valence-electron chi connectivity index (χ3n) is 4.10. The van der Waals surface area contributed by atoms with E-state index in [1.54, 1.807) is 30.3 Å². The minimum absolute atomic E-state index is 0.177. The van der Waals surface area contributed by atoms with E-state index in [0.717, 1.165) is 31.6 Å². The van der Waals surface area contributed by atoms with Crippen LogP contribution in [0, 0.1) is 0 Å². The van der Waals surface area contributed by atoms with Gasteiger partial charge in [0.2, 0.25) is 5.91 Å². The van der Waals surface area contributed by atoms with Gasteiger partial charge >= 0.3 is 0 Å². The number of hydrogen-bond donors (Lipinski definition) is 2. The number of carbonyl (C=O) groups excluding carboxylic acids is 2. The standard InChI is InChI=1S/C19H20ClN3O2/c1-13(24)21-16-6-4-5-14(11-16)19(25)22-17-12-15(20)7-8-18(17)23-9-2-3-10-23/h4-8,11-12H,2-3,9-10H2,1H3,(H,21,24)(H,22,25). The first-order valence-electron chi connectivity index (χ1n) is 8.26. The van der Waals surface area contributed by atoms with Gasteiger partial charge in [-0.3, -0.25) is 9.59 Å². The van der Waals surface area contributed by atoms with E-state index in [2.05, 4.69) is 15.5 Å². The molecule has 5 nitrogen and oxygen atoms in total. The molecule has 0 bridgehead atoms. The third kappa shape index (κ3) is 4.31. The van der Waals surface area contributed by atoms with Crippen LogP contribution in [0.25, 0.3) is 0 Å². The summed E-state index contributed by atoms with van der Waals surface area (Å²) in [5.41, 5.74) is 2.74. The fourth-order valence-electron chi connectivity index (χ4n) is 2.98. The van der Waals surface area contributed by atoms with E-state index in [9.17, 15) is 9.59 Å². The van der Waals surface area contributed by atoms with Gasteiger partial charge in [-0.25, -0.2) is 0 Å². The molecule has 130 valence electrons. The Morgan fingerprint density at radius 2 is 1.80 bits per heavy atom. The zero-order chi connectivity index (χ0) is 17.8. The number of nitrogens with one attached hydrogen (secondary N) is 2. The summed E-state index contributed by atoms with van der Waals surface area (Å²) in [4.78, 5) is 26.1. The van der Waals surface area contributed by atoms with Gasteiger partial charge in [0.05, 0.1) is 11.4 Å². The maximum Gasteiger partial charge on any atom is 0.255 e. The second kappa shape index (κ2) is 7.57. The summed E-state index contributed by atoms with van der Waals surface area (Å²) in [5.74, 6) is -0.418. The van der Waals surface area contributed by atoms with E-state index in [0.29, 0.717) is 22.0 Å². The zero-order valence-electron chi connectivity index (χ0n) is 14.0. The lowest BCUT2D eigenvalue weighted by Gasteiger charge is -2.22. The normalized spacial score (nSPS) is 13.6. The summed E-state index contributed by atoms with van der Waals surface area (Å²) < 4.78 is 0. The van der Waals surface area contributed by atoms with Crippen LogP contribution < -0.4 is 15.5 Å². The lowest BCUT2D eigenvalue weighted by molar-refractivity contribution is -0.114. The molecule has 2 amide bonds. The molecule has 1 aliphatic heterocycles. The van der Waals surface area contributed by atoms with Crippen molar-refractivity contribution in [1.29, 1.82) is 0 Å². The van der Waals surface area contributed by atoms with Crippen molar-refractivity contribution in [3.8, 4) is 0 Å². The van der Waals surface area contributed by atoms with Gasteiger partial charge in [0, 0.05) is 36.3 Å². The lowest BCUT2D eigenvalue weighted by atomic mass is 10.1. The molecule has 0 aromatic heterocycles. The van der Waals surface area contributed by atoms with Crippen LogP contribution in [0.4, 0.5) is 17.1 Å². The average molecular weight is 358 g/mol. The number of carbonyl (C=O) groups is 2. The Kier molecular flexibility index (Phi) is 5.24. The molecule has 1 aliphatic rings. The molecule has 2 aromatic carbocycles. The summed E-state index contributed by atoms with van der Waals surface area (Å²) in [6.45, 7) is 3.38. The Balaban J connectivity index is 1.83. The van der Waals surface area contributed by atoms with E-state index in [1.807, 2.05) is 12.1 Å². The van der Waals surface area contributed by atoms with Crippen LogP contribution in [0.2, 0.25) is 5.02 Å². The topological polar surface area (TPSA) is 61.4 Å². The highest BCUT2D eigenvalue weighted by Crippen LogP contribution is 2.32. The first-order chi connectivity index (χ1) is 12.0. The third-order valence-corrected chi connectivity index (χ3v) is 4.33. The molecule has 6 heteroatoms. The number of hydrogen-bond acceptors (Lipinski definition) is 3. The molecule has 0 radical (unpaired) electrons. The molecule has 0 spiro atoms. The van der Waals surface area contributed by atoms with Crippen LogP contribution in [0.15, 0.2) is 42.5 Å². The molecule has 0 saturated carbocycles. The molecule has 3 rings (SSSR count). The maximum absolute atomic E-state index is 12.6. The smallest absolute Gasteiger partial charge is 0.255 e. The highest BCUT2D eigenvalue weighted by molar-refractivity contribution is 6.31. The molecule has 2 aromatic rings. The number of amides is 2. The number of halogens is 1. The Morgan fingerprint density at radius 3 is 2.52 bits per heavy atom. The van der Waals surface area contributed by atoms with Crippen LogP contribution in [0.5, 0.6) is 0 Å². The van der Waals surface area contributed by atoms with E-state index in [-0.39, 0.29) is 11.8 Å². The second-order valence-corrected chi connectivity index (χ2v) is 6.51. The summed E-state index contributed by atoms with van der Waals surface area (Å²) >= 11 is 6.12. The minimum atomic E-state index is -0.241. The van der Waals surface area contributed by atoms with Crippen LogP contribution in [0.1, 0.15) is 30.1 Å². The Bertz CT molecular complexity index is 801. The average Bonchev–Trinajstić information content (AvgIpc) is 3.09. The van der Waals surface area contributed by atoms with Crippen molar-refractivity contribution in [2.45, 2.75) is 19.8 Å². The summed E-state index contributed by atoms with van der Waals surface area (Å²) in [7, 11) is 0. The Morgan fingerprint density at radius 1 is 1.04 bits per heavy atom. The highest BCUT2D eigenvalue weighted by Gasteiger charge is 2.18. The molecule has 1 fully saturated rings. The number of benzene rings is 2. The van der Waals surface area contributed by atoms with Gasteiger partial charge in [0.1, 0.15) is 0 Å². The molecular formula is C19H20ClN3O2. The Hall–Kier alpha value is -2.53. The lowest BCUT2D eigenvalue weighted by Crippen LogP contribution is -2.21. The van der Waals surface area contributed by atoms with Crippen LogP contribution >= 0.6 is 11.6 Å². The number of nitrogens with zero attached hydrogens (tertiary/aromatic N) is 1. The van der Waals surface area contributed by atoms with E-state index >= 15 is 0 Å². The van der Waals surface area contributed by atoms with Crippen LogP contribution in [0.3, 0.4) is 0 Å². The predicted octanol–water partition coefficient (Wildman–Crippen LogP) is 4.15. The van der Waals surface area contributed by atoms with E-state index < -0.39 is 0 Å².